The van der Waals surface area contributed by atoms with E-state index in [0.717, 1.165) is 35.3 Å². The lowest BCUT2D eigenvalue weighted by molar-refractivity contribution is 0.110. The van der Waals surface area contributed by atoms with Crippen LogP contribution in [-0.4, -0.2) is 193 Å². The summed E-state index contributed by atoms with van der Waals surface area (Å²) in [6.45, 7) is 10.6. The largest absolute Gasteiger partial charge is 0.484 e. The summed E-state index contributed by atoms with van der Waals surface area (Å²) in [6.07, 6.45) is 3.44. The molecule has 2 fully saturated rings. The molecule has 0 spiro atoms. The first-order valence-corrected chi connectivity index (χ1v) is 33.0. The third-order valence-electron chi connectivity index (χ3n) is 15.8. The summed E-state index contributed by atoms with van der Waals surface area (Å²) in [5.41, 5.74) is 5.27. The van der Waals surface area contributed by atoms with Crippen molar-refractivity contribution in [2.75, 3.05) is 120 Å². The molecule has 0 aromatic heterocycles. The number of amides is 4. The van der Waals surface area contributed by atoms with Crippen LogP contribution in [0.15, 0.2) is 70.5 Å². The van der Waals surface area contributed by atoms with Gasteiger partial charge in [0.05, 0.1) is 48.3 Å². The Morgan fingerprint density at radius 1 is 0.560 bits per heavy atom. The quantitative estimate of drug-likeness (QED) is 0.0303. The molecule has 2 aliphatic heterocycles. The third kappa shape index (κ3) is 17.7. The first-order chi connectivity index (χ1) is 40.0. The van der Waals surface area contributed by atoms with Crippen LogP contribution in [-0.2, 0) is 42.4 Å². The predicted octanol–water partition coefficient (Wildman–Crippen LogP) is 6.95. The number of rotatable bonds is 29. The van der Waals surface area contributed by atoms with Crippen LogP contribution in [0.2, 0.25) is 20.1 Å². The molecular weight excluding hydrogens is 1200 g/mol. The molecule has 20 nitrogen and oxygen atoms in total. The van der Waals surface area contributed by atoms with E-state index in [1.165, 1.54) is 0 Å². The molecule has 4 amide bonds. The fraction of sp³-hybridized carbons (Fsp3) is 0.552. The van der Waals surface area contributed by atoms with E-state index in [-0.39, 0.29) is 58.2 Å². The third-order valence-corrected chi connectivity index (χ3v) is 20.0. The summed E-state index contributed by atoms with van der Waals surface area (Å²) in [5, 5.41) is 13.5. The van der Waals surface area contributed by atoms with Gasteiger partial charge in [0.15, 0.2) is 0 Å². The van der Waals surface area contributed by atoms with Crippen molar-refractivity contribution < 1.29 is 45.4 Å². The first kappa shape index (κ1) is 65.7. The molecule has 2 aliphatic carbocycles. The number of sulfonamides is 2. The number of hydrogen-bond acceptors (Lipinski definition) is 14. The number of urea groups is 2. The lowest BCUT2D eigenvalue weighted by atomic mass is 10.1. The molecule has 0 unspecified atom stereocenters. The predicted molar refractivity (Wildman–Crippen MR) is 328 cm³/mol. The second kappa shape index (κ2) is 30.1. The SMILES string of the molecule is Cc1cc(S(=O)(=O)N[C@H]2CCN(CCOCCNC(=O)NCCCCNC(=O)NCCOCCN3CC[C@H](NS(=O)(=O)c4ccc(O[C@H]5c6cc(Cl)cc(Cl)c6C[C@@H]5N(C)C)c(C)c4)C3)C2)ccc1O[C@H]1c2cc(Cl)cc(Cl)c2C[C@@H]1N(C)C. The Morgan fingerprint density at radius 3 is 1.33 bits per heavy atom. The number of halogens is 4. The van der Waals surface area contributed by atoms with Gasteiger partial charge in [0.1, 0.15) is 23.7 Å². The summed E-state index contributed by atoms with van der Waals surface area (Å²) in [4.78, 5) is 33.4. The highest BCUT2D eigenvalue weighted by atomic mass is 35.5. The topological polar surface area (TPSA) is 224 Å². The molecule has 4 aromatic carbocycles. The normalized spacial score (nSPS) is 20.8. The molecule has 2 heterocycles. The van der Waals surface area contributed by atoms with Crippen molar-refractivity contribution in [1.29, 1.82) is 0 Å². The van der Waals surface area contributed by atoms with E-state index in [4.69, 9.17) is 65.4 Å². The van der Waals surface area contributed by atoms with Crippen molar-refractivity contribution in [3.05, 3.63) is 114 Å². The highest BCUT2D eigenvalue weighted by Gasteiger charge is 2.40. The highest BCUT2D eigenvalue weighted by molar-refractivity contribution is 7.89. The van der Waals surface area contributed by atoms with Crippen molar-refractivity contribution in [3.8, 4) is 11.5 Å². The molecule has 2 saturated heterocycles. The molecule has 26 heteroatoms. The van der Waals surface area contributed by atoms with Crippen molar-refractivity contribution in [3.63, 3.8) is 0 Å². The fourth-order valence-corrected chi connectivity index (χ4v) is 15.1. The van der Waals surface area contributed by atoms with Crippen molar-refractivity contribution in [2.45, 2.75) is 98.5 Å². The summed E-state index contributed by atoms with van der Waals surface area (Å²) in [5.74, 6) is 1.18. The number of likely N-dealkylation sites (tertiary alicyclic amines) is 2. The summed E-state index contributed by atoms with van der Waals surface area (Å²) in [7, 11) is 0.390. The number of likely N-dealkylation sites (N-methyl/N-ethyl adjacent to an activating group) is 2. The zero-order valence-corrected chi connectivity index (χ0v) is 53.2. The van der Waals surface area contributed by atoms with E-state index >= 15 is 0 Å². The van der Waals surface area contributed by atoms with E-state index < -0.39 is 20.0 Å². The number of carbonyl (C=O) groups is 2. The zero-order valence-electron chi connectivity index (χ0n) is 48.6. The molecule has 0 bridgehead atoms. The average Bonchev–Trinajstić information content (AvgIpc) is 2.86. The van der Waals surface area contributed by atoms with Crippen LogP contribution in [0.3, 0.4) is 0 Å². The van der Waals surface area contributed by atoms with Gasteiger partial charge in [-0.05, 0) is 177 Å². The van der Waals surface area contributed by atoms with E-state index in [1.807, 2.05) is 54.2 Å². The van der Waals surface area contributed by atoms with E-state index in [1.54, 1.807) is 48.5 Å². The number of benzene rings is 4. The van der Waals surface area contributed by atoms with Gasteiger partial charge in [-0.15, -0.1) is 0 Å². The Bertz CT molecular complexity index is 2960. The van der Waals surface area contributed by atoms with Gasteiger partial charge >= 0.3 is 12.1 Å². The van der Waals surface area contributed by atoms with Crippen LogP contribution < -0.4 is 40.2 Å². The Labute approximate surface area is 515 Å². The smallest absolute Gasteiger partial charge is 0.314 e. The highest BCUT2D eigenvalue weighted by Crippen LogP contribution is 2.44. The van der Waals surface area contributed by atoms with Crippen LogP contribution in [0.1, 0.15) is 71.3 Å². The van der Waals surface area contributed by atoms with E-state index in [2.05, 4.69) is 50.3 Å². The number of nitrogens with one attached hydrogen (secondary N) is 6. The van der Waals surface area contributed by atoms with Crippen molar-refractivity contribution >= 4 is 78.5 Å². The summed E-state index contributed by atoms with van der Waals surface area (Å²) >= 11 is 25.8. The van der Waals surface area contributed by atoms with Crippen LogP contribution in [0, 0.1) is 13.8 Å². The number of hydrogen-bond donors (Lipinski definition) is 6. The minimum Gasteiger partial charge on any atom is -0.484 e. The van der Waals surface area contributed by atoms with Gasteiger partial charge in [-0.3, -0.25) is 9.80 Å². The van der Waals surface area contributed by atoms with Gasteiger partial charge in [0, 0.05) is 95.7 Å². The maximum atomic E-state index is 13.5. The van der Waals surface area contributed by atoms with Gasteiger partial charge in [-0.2, -0.15) is 0 Å². The van der Waals surface area contributed by atoms with Crippen LogP contribution in [0.4, 0.5) is 9.59 Å². The molecule has 0 saturated carbocycles. The second-order valence-electron chi connectivity index (χ2n) is 22.4. The maximum absolute atomic E-state index is 13.5. The van der Waals surface area contributed by atoms with E-state index in [0.29, 0.717) is 160 Å². The lowest BCUT2D eigenvalue weighted by Gasteiger charge is -2.28. The Hall–Kier alpha value is -4.24. The average molecular weight is 1280 g/mol. The van der Waals surface area contributed by atoms with Crippen LogP contribution >= 0.6 is 46.4 Å². The molecule has 462 valence electrons. The first-order valence-electron chi connectivity index (χ1n) is 28.6. The fourth-order valence-electron chi connectivity index (χ4n) is 11.2. The Balaban J connectivity index is 0.608. The van der Waals surface area contributed by atoms with Crippen LogP contribution in [0.25, 0.3) is 0 Å². The molecule has 8 rings (SSSR count). The molecular formula is C58H80Cl4N10O10S2. The Morgan fingerprint density at radius 2 is 0.952 bits per heavy atom. The summed E-state index contributed by atoms with van der Waals surface area (Å²) < 4.78 is 84.3. The maximum Gasteiger partial charge on any atom is 0.314 e. The molecule has 84 heavy (non-hydrogen) atoms. The van der Waals surface area contributed by atoms with Gasteiger partial charge in [-0.25, -0.2) is 35.9 Å². The minimum atomic E-state index is -3.79. The van der Waals surface area contributed by atoms with Gasteiger partial charge in [0.25, 0.3) is 0 Å². The number of fused-ring (bicyclic) bond motifs is 2. The molecule has 4 aliphatic rings. The number of unbranched alkanes of at least 4 members (excludes halogenated alkanes) is 1. The zero-order chi connectivity index (χ0) is 60.3. The standard InChI is InChI=1S/C58H80Cl4N10O10S2/c1-37-27-43(9-11-53(37)81-55-47-29-39(59)31-49(61)45(47)33-51(55)69(3)4)83(75,76)67-41-13-19-71(35-41)21-25-79-23-17-65-57(73)63-15-7-8-16-64-58(74)66-18-24-80-26-22-72-20-14-42(36-72)68-84(77,78)44-10-12-54(38(2)28-44)82-56-48-30-40(60)32-50(62)46(48)34-52(56)70(5)6/h9-12,27-32,41-42,51-52,55-56,67-68H,7-8,13-26,33-36H2,1-6H3,(H2,63,65,73)(H2,64,66,74)/t41-,42-,51-,52-,55-,56-/m0/s1. The molecule has 4 aromatic rings. The second-order valence-corrected chi connectivity index (χ2v) is 27.5. The van der Waals surface area contributed by atoms with Gasteiger partial charge in [0.2, 0.25) is 20.0 Å². The Kier molecular flexibility index (Phi) is 23.6. The molecule has 6 N–H and O–H groups in total. The molecule has 6 atom stereocenters. The summed E-state index contributed by atoms with van der Waals surface area (Å²) in [6, 6.07) is 16.1. The minimum absolute atomic E-state index is 0.0233. The van der Waals surface area contributed by atoms with Crippen LogP contribution in [0.5, 0.6) is 11.5 Å². The monoisotopic (exact) mass is 1280 g/mol. The van der Waals surface area contributed by atoms with Crippen molar-refractivity contribution in [2.24, 2.45) is 0 Å². The lowest BCUT2D eigenvalue weighted by Crippen LogP contribution is -2.39. The van der Waals surface area contributed by atoms with Gasteiger partial charge < -0.3 is 50.0 Å². The molecule has 0 radical (unpaired) electrons. The number of aryl methyl sites for hydroxylation is 2. The van der Waals surface area contributed by atoms with Gasteiger partial charge in [-0.1, -0.05) is 46.4 Å². The number of nitrogens with zero attached hydrogens (tertiary/aromatic N) is 4. The van der Waals surface area contributed by atoms with Crippen molar-refractivity contribution in [1.82, 2.24) is 50.3 Å². The van der Waals surface area contributed by atoms with E-state index in [9.17, 15) is 26.4 Å². The number of carbonyl (C=O) groups excluding carboxylic acids is 2. The number of ether oxygens (including phenoxy) is 4.